The van der Waals surface area contributed by atoms with Crippen LogP contribution in [0.1, 0.15) is 12.0 Å². The standard InChI is InChI=1S/C11H13BrN2/c12-10-3-1-2-7-4-9-5-8(13)6-14(9)11(7)10/h1-3,8-9H,4-6,13H2. The Bertz CT molecular complexity index is 378. The molecule has 14 heavy (non-hydrogen) atoms. The first-order valence-corrected chi connectivity index (χ1v) is 5.84. The maximum atomic E-state index is 5.98. The van der Waals surface area contributed by atoms with Gasteiger partial charge in [-0.15, -0.1) is 0 Å². The number of hydrogen-bond donors (Lipinski definition) is 1. The summed E-state index contributed by atoms with van der Waals surface area (Å²) in [5.74, 6) is 0. The predicted octanol–water partition coefficient (Wildman–Crippen LogP) is 1.91. The summed E-state index contributed by atoms with van der Waals surface area (Å²) in [6, 6.07) is 7.47. The summed E-state index contributed by atoms with van der Waals surface area (Å²) < 4.78 is 1.21. The van der Waals surface area contributed by atoms with Crippen molar-refractivity contribution >= 4 is 21.6 Å². The SMILES string of the molecule is NC1CC2Cc3cccc(Br)c3N2C1. The molecule has 2 aliphatic rings. The van der Waals surface area contributed by atoms with Gasteiger partial charge in [0.05, 0.1) is 5.69 Å². The molecule has 0 aromatic heterocycles. The van der Waals surface area contributed by atoms with Crippen molar-refractivity contribution in [3.8, 4) is 0 Å². The number of para-hydroxylation sites is 1. The van der Waals surface area contributed by atoms with Crippen LogP contribution in [0.2, 0.25) is 0 Å². The molecule has 74 valence electrons. The Morgan fingerprint density at radius 2 is 2.29 bits per heavy atom. The Morgan fingerprint density at radius 1 is 1.43 bits per heavy atom. The van der Waals surface area contributed by atoms with Gasteiger partial charge in [-0.05, 0) is 40.4 Å². The fourth-order valence-electron chi connectivity index (χ4n) is 2.72. The van der Waals surface area contributed by atoms with Crippen LogP contribution in [0.3, 0.4) is 0 Å². The van der Waals surface area contributed by atoms with Gasteiger partial charge in [0, 0.05) is 23.1 Å². The van der Waals surface area contributed by atoms with Gasteiger partial charge >= 0.3 is 0 Å². The van der Waals surface area contributed by atoms with Gasteiger partial charge in [-0.3, -0.25) is 0 Å². The summed E-state index contributed by atoms with van der Waals surface area (Å²) in [5.41, 5.74) is 8.82. The Morgan fingerprint density at radius 3 is 3.14 bits per heavy atom. The molecule has 2 unspecified atom stereocenters. The van der Waals surface area contributed by atoms with Crippen LogP contribution in [-0.2, 0) is 6.42 Å². The first kappa shape index (κ1) is 8.74. The Kier molecular flexibility index (Phi) is 1.86. The first-order valence-electron chi connectivity index (χ1n) is 5.05. The smallest absolute Gasteiger partial charge is 0.0547 e. The van der Waals surface area contributed by atoms with E-state index in [1.54, 1.807) is 0 Å². The van der Waals surface area contributed by atoms with Crippen molar-refractivity contribution < 1.29 is 0 Å². The fraction of sp³-hybridized carbons (Fsp3) is 0.455. The third-order valence-electron chi connectivity index (χ3n) is 3.26. The molecule has 3 rings (SSSR count). The molecule has 0 spiro atoms. The minimum absolute atomic E-state index is 0.361. The van der Waals surface area contributed by atoms with Gasteiger partial charge in [0.2, 0.25) is 0 Å². The van der Waals surface area contributed by atoms with E-state index in [9.17, 15) is 0 Å². The summed E-state index contributed by atoms with van der Waals surface area (Å²) >= 11 is 3.62. The van der Waals surface area contributed by atoms with Gasteiger partial charge < -0.3 is 10.6 Å². The normalized spacial score (nSPS) is 29.1. The molecule has 0 radical (unpaired) electrons. The summed E-state index contributed by atoms with van der Waals surface area (Å²) in [7, 11) is 0. The Labute approximate surface area is 92.2 Å². The van der Waals surface area contributed by atoms with Gasteiger partial charge in [0.25, 0.3) is 0 Å². The van der Waals surface area contributed by atoms with Crippen LogP contribution in [0.15, 0.2) is 22.7 Å². The lowest BCUT2D eigenvalue weighted by Crippen LogP contribution is -2.27. The largest absolute Gasteiger partial charge is 0.365 e. The number of benzene rings is 1. The van der Waals surface area contributed by atoms with Crippen LogP contribution < -0.4 is 10.6 Å². The Hall–Kier alpha value is -0.540. The molecule has 2 aliphatic heterocycles. The second kappa shape index (κ2) is 2.97. The average Bonchev–Trinajstić information content (AvgIpc) is 2.60. The molecule has 0 aliphatic carbocycles. The molecule has 2 nitrogen and oxygen atoms in total. The van der Waals surface area contributed by atoms with Crippen molar-refractivity contribution in [2.75, 3.05) is 11.4 Å². The third-order valence-corrected chi connectivity index (χ3v) is 3.90. The minimum atomic E-state index is 0.361. The van der Waals surface area contributed by atoms with E-state index in [2.05, 4.69) is 39.0 Å². The predicted molar refractivity (Wildman–Crippen MR) is 61.6 cm³/mol. The molecule has 0 bridgehead atoms. The van der Waals surface area contributed by atoms with E-state index < -0.39 is 0 Å². The average molecular weight is 253 g/mol. The van der Waals surface area contributed by atoms with E-state index in [1.165, 1.54) is 22.1 Å². The highest BCUT2D eigenvalue weighted by atomic mass is 79.9. The van der Waals surface area contributed by atoms with Crippen LogP contribution in [-0.4, -0.2) is 18.6 Å². The monoisotopic (exact) mass is 252 g/mol. The molecule has 1 fully saturated rings. The maximum absolute atomic E-state index is 5.98. The van der Waals surface area contributed by atoms with E-state index in [0.29, 0.717) is 12.1 Å². The number of fused-ring (bicyclic) bond motifs is 3. The van der Waals surface area contributed by atoms with Gasteiger partial charge in [-0.2, -0.15) is 0 Å². The highest BCUT2D eigenvalue weighted by Gasteiger charge is 2.37. The van der Waals surface area contributed by atoms with Gasteiger partial charge in [-0.1, -0.05) is 12.1 Å². The molecule has 1 aromatic rings. The summed E-state index contributed by atoms with van der Waals surface area (Å²) in [4.78, 5) is 2.46. The van der Waals surface area contributed by atoms with Crippen molar-refractivity contribution in [2.45, 2.75) is 24.9 Å². The number of halogens is 1. The summed E-state index contributed by atoms with van der Waals surface area (Å²) in [6.07, 6.45) is 2.31. The molecular formula is C11H13BrN2. The van der Waals surface area contributed by atoms with E-state index in [1.807, 2.05) is 0 Å². The highest BCUT2D eigenvalue weighted by Crippen LogP contribution is 2.41. The zero-order valence-corrected chi connectivity index (χ0v) is 9.50. The molecular weight excluding hydrogens is 240 g/mol. The molecule has 2 N–H and O–H groups in total. The van der Waals surface area contributed by atoms with E-state index in [4.69, 9.17) is 5.73 Å². The molecule has 1 saturated heterocycles. The van der Waals surface area contributed by atoms with Crippen molar-refractivity contribution in [1.82, 2.24) is 0 Å². The van der Waals surface area contributed by atoms with Crippen molar-refractivity contribution in [1.29, 1.82) is 0 Å². The van der Waals surface area contributed by atoms with Crippen LogP contribution >= 0.6 is 15.9 Å². The van der Waals surface area contributed by atoms with E-state index >= 15 is 0 Å². The zero-order chi connectivity index (χ0) is 9.71. The lowest BCUT2D eigenvalue weighted by molar-refractivity contribution is 0.662. The van der Waals surface area contributed by atoms with E-state index in [-0.39, 0.29) is 0 Å². The van der Waals surface area contributed by atoms with Crippen LogP contribution in [0.25, 0.3) is 0 Å². The number of rotatable bonds is 0. The summed E-state index contributed by atoms with van der Waals surface area (Å²) in [6.45, 7) is 1.01. The molecule has 2 atom stereocenters. The van der Waals surface area contributed by atoms with Crippen molar-refractivity contribution in [3.63, 3.8) is 0 Å². The number of nitrogens with two attached hydrogens (primary N) is 1. The second-order valence-electron chi connectivity index (χ2n) is 4.25. The van der Waals surface area contributed by atoms with Crippen molar-refractivity contribution in [3.05, 3.63) is 28.2 Å². The quantitative estimate of drug-likeness (QED) is 0.765. The van der Waals surface area contributed by atoms with Crippen LogP contribution in [0, 0.1) is 0 Å². The lowest BCUT2D eigenvalue weighted by Gasteiger charge is -2.19. The van der Waals surface area contributed by atoms with Crippen molar-refractivity contribution in [2.24, 2.45) is 5.73 Å². The Balaban J connectivity index is 2.07. The lowest BCUT2D eigenvalue weighted by atomic mass is 10.1. The molecule has 3 heteroatoms. The van der Waals surface area contributed by atoms with Gasteiger partial charge in [0.15, 0.2) is 0 Å². The minimum Gasteiger partial charge on any atom is -0.365 e. The molecule has 0 amide bonds. The summed E-state index contributed by atoms with van der Waals surface area (Å²) in [5, 5.41) is 0. The first-order chi connectivity index (χ1) is 6.75. The molecule has 0 saturated carbocycles. The number of anilines is 1. The van der Waals surface area contributed by atoms with Gasteiger partial charge in [-0.25, -0.2) is 0 Å². The van der Waals surface area contributed by atoms with Crippen LogP contribution in [0.4, 0.5) is 5.69 Å². The second-order valence-corrected chi connectivity index (χ2v) is 5.11. The van der Waals surface area contributed by atoms with E-state index in [0.717, 1.165) is 13.0 Å². The highest BCUT2D eigenvalue weighted by molar-refractivity contribution is 9.10. The topological polar surface area (TPSA) is 29.3 Å². The molecule has 2 heterocycles. The van der Waals surface area contributed by atoms with Gasteiger partial charge in [0.1, 0.15) is 0 Å². The molecule has 1 aromatic carbocycles. The number of nitrogens with zero attached hydrogens (tertiary/aromatic N) is 1. The zero-order valence-electron chi connectivity index (χ0n) is 7.91. The van der Waals surface area contributed by atoms with Crippen LogP contribution in [0.5, 0.6) is 0 Å². The maximum Gasteiger partial charge on any atom is 0.0547 e. The third kappa shape index (κ3) is 1.12. The fourth-order valence-corrected chi connectivity index (χ4v) is 3.36. The number of hydrogen-bond acceptors (Lipinski definition) is 2.